The Morgan fingerprint density at radius 1 is 0.892 bits per heavy atom. The van der Waals surface area contributed by atoms with Crippen molar-refractivity contribution in [2.24, 2.45) is 0 Å². The van der Waals surface area contributed by atoms with Crippen LogP contribution in [0.2, 0.25) is 0 Å². The molecule has 37 heavy (non-hydrogen) atoms. The van der Waals surface area contributed by atoms with Gasteiger partial charge in [0.1, 0.15) is 20.2 Å². The second-order valence-corrected chi connectivity index (χ2v) is 8.61. The van der Waals surface area contributed by atoms with Crippen LogP contribution in [-0.4, -0.2) is 50.6 Å². The third-order valence-electron chi connectivity index (χ3n) is 3.71. The molecule has 0 saturated carbocycles. The van der Waals surface area contributed by atoms with Crippen molar-refractivity contribution in [3.8, 4) is 0 Å². The van der Waals surface area contributed by atoms with Gasteiger partial charge in [0.15, 0.2) is 0 Å². The summed E-state index contributed by atoms with van der Waals surface area (Å²) < 4.78 is 72.7. The molecule has 0 unspecified atom stereocenters. The molecule has 1 aliphatic rings. The molecule has 2 aromatic carbocycles. The average molecular weight is 927 g/mol. The van der Waals surface area contributed by atoms with Crippen molar-refractivity contribution in [2.45, 2.75) is 16.7 Å². The van der Waals surface area contributed by atoms with Crippen molar-refractivity contribution in [1.82, 2.24) is 0 Å². The first kappa shape index (κ1) is 48.8. The second kappa shape index (κ2) is 20.0. The van der Waals surface area contributed by atoms with Crippen molar-refractivity contribution in [3.63, 3.8) is 0 Å². The number of rotatable bonds is 5. The van der Waals surface area contributed by atoms with Crippen molar-refractivity contribution < 1.29 is 213 Å². The van der Waals surface area contributed by atoms with E-state index in [1.807, 2.05) is 0 Å². The van der Waals surface area contributed by atoms with Crippen LogP contribution in [0.3, 0.4) is 0 Å². The van der Waals surface area contributed by atoms with E-state index in [0.717, 1.165) is 6.41 Å². The summed E-state index contributed by atoms with van der Waals surface area (Å²) in [5.74, 6) is -2.59. The Hall–Kier alpha value is 2.06. The molecule has 19 heteroatoms. The van der Waals surface area contributed by atoms with Gasteiger partial charge in [-0.25, -0.2) is 33.0 Å². The fraction of sp³-hybridized carbons (Fsp3) is 0.0556. The zero-order valence-electron chi connectivity index (χ0n) is 19.1. The fourth-order valence-electron chi connectivity index (χ4n) is 2.55. The Bertz CT molecular complexity index is 1370. The summed E-state index contributed by atoms with van der Waals surface area (Å²) in [6.45, 7) is 4.85. The predicted molar refractivity (Wildman–Crippen MR) is 106 cm³/mol. The summed E-state index contributed by atoms with van der Waals surface area (Å²) >= 11 is 0. The van der Waals surface area contributed by atoms with E-state index < -0.39 is 64.2 Å². The average Bonchev–Trinajstić information content (AvgIpc) is 2.65. The molecular weight excluding hydrogens is 915 g/mol. The van der Waals surface area contributed by atoms with Gasteiger partial charge in [-0.1, -0.05) is 24.1 Å². The second-order valence-electron chi connectivity index (χ2n) is 5.89. The Morgan fingerprint density at radius 3 is 1.68 bits per heavy atom. The van der Waals surface area contributed by atoms with Crippen molar-refractivity contribution >= 4 is 61.3 Å². The normalized spacial score (nSPS) is 10.9. The summed E-state index contributed by atoms with van der Waals surface area (Å²) in [5, 5.41) is 1.00. The number of hydrogen-bond donors (Lipinski definition) is 1. The molecule has 0 bridgehead atoms. The largest absolute Gasteiger partial charge is 0.745 e. The minimum Gasteiger partial charge on any atom is -0.745 e. The number of anilines is 1. The Balaban J connectivity index is -0.000000285. The molecule has 1 heterocycles. The van der Waals surface area contributed by atoms with Crippen LogP contribution in [0.15, 0.2) is 40.1 Å². The van der Waals surface area contributed by atoms with Gasteiger partial charge in [-0.15, -0.1) is 0 Å². The molecule has 1 N–H and O–H groups in total. The molecular formula is C18H12NO11S2Y5-5. The molecule has 0 aromatic heterocycles. The van der Waals surface area contributed by atoms with Crippen molar-refractivity contribution in [1.29, 1.82) is 0 Å². The van der Waals surface area contributed by atoms with Crippen LogP contribution >= 0.6 is 0 Å². The summed E-state index contributed by atoms with van der Waals surface area (Å²) in [7, 11) is -10.4. The van der Waals surface area contributed by atoms with E-state index in [2.05, 4.69) is 11.3 Å². The number of benzene rings is 2. The third kappa shape index (κ3) is 12.4. The molecule has 2 aromatic rings. The molecule has 1 amide bonds. The standard InChI is InChI=1S/C13H6NO10S2.C4H5O.CH3.5Y/c15-4-14-11-6-1-5(25(18,19)20)2-7-10(6)8(13(17)24-12(7)16)3-9(11)26(21,22)23;1-4(2)3-5;;;;;;/h1-3H,(H,14,15)(H,18,19,20)(H,21,22,23);1H2,2H3;1H3;;;;;/q3*-1;;;;;/p-2. The van der Waals surface area contributed by atoms with Crippen LogP contribution in [-0.2, 0) is 198 Å². The van der Waals surface area contributed by atoms with Gasteiger partial charge in [0.05, 0.1) is 22.4 Å². The molecule has 1 aliphatic heterocycles. The molecule has 3 rings (SSSR count). The smallest absolute Gasteiger partial charge is 0.346 e. The summed E-state index contributed by atoms with van der Waals surface area (Å²) in [6.07, 6.45) is 2.70. The van der Waals surface area contributed by atoms with E-state index in [-0.39, 0.29) is 176 Å². The quantitative estimate of drug-likeness (QED) is 0.110. The van der Waals surface area contributed by atoms with Crippen LogP contribution in [0, 0.1) is 7.43 Å². The molecule has 0 saturated heterocycles. The van der Waals surface area contributed by atoms with Gasteiger partial charge in [0, 0.05) is 164 Å². The Labute approximate surface area is 339 Å². The van der Waals surface area contributed by atoms with Gasteiger partial charge >= 0.3 is 11.9 Å². The van der Waals surface area contributed by atoms with Crippen LogP contribution in [0.1, 0.15) is 27.6 Å². The summed E-state index contributed by atoms with van der Waals surface area (Å²) in [5.41, 5.74) is -1.35. The molecule has 187 valence electrons. The van der Waals surface area contributed by atoms with E-state index in [1.165, 1.54) is 0 Å². The zero-order chi connectivity index (χ0) is 23.7. The number of hydrogen-bond acceptors (Lipinski definition) is 11. The van der Waals surface area contributed by atoms with Gasteiger partial charge in [-0.2, -0.15) is 5.57 Å². The summed E-state index contributed by atoms with van der Waals surface area (Å²) in [4.78, 5) is 41.7. The van der Waals surface area contributed by atoms with Crippen molar-refractivity contribution in [3.05, 3.63) is 48.9 Å². The first-order chi connectivity index (χ1) is 14.2. The Kier molecular flexibility index (Phi) is 26.4. The third-order valence-corrected chi connectivity index (χ3v) is 5.38. The number of ether oxygens (including phenoxy) is 1. The van der Waals surface area contributed by atoms with Crippen molar-refractivity contribution in [2.75, 3.05) is 5.32 Å². The van der Waals surface area contributed by atoms with Gasteiger partial charge in [0.2, 0.25) is 0 Å². The number of carbonyl (C=O) groups excluding carboxylic acids is 4. The zero-order valence-corrected chi connectivity index (χ0v) is 35.0. The van der Waals surface area contributed by atoms with Gasteiger partial charge in [0.25, 0.3) is 0 Å². The van der Waals surface area contributed by atoms with Crippen LogP contribution in [0.5, 0.6) is 0 Å². The maximum Gasteiger partial charge on any atom is 0.346 e. The first-order valence-electron chi connectivity index (χ1n) is 7.72. The van der Waals surface area contributed by atoms with Gasteiger partial charge in [-0.3, -0.25) is 0 Å². The number of nitrogens with one attached hydrogen (secondary N) is 1. The maximum absolute atomic E-state index is 11.9. The van der Waals surface area contributed by atoms with Crippen LogP contribution < -0.4 is 5.32 Å². The van der Waals surface area contributed by atoms with Gasteiger partial charge < -0.3 is 36.2 Å². The predicted octanol–water partition coefficient (Wildman–Crippen LogP) is 0.548. The molecule has 0 fully saturated rings. The number of allylic oxidation sites excluding steroid dienone is 1. The SMILES string of the molecule is C=C(C)[C-]=O.O=[C-]Nc1c(S(=O)(=O)[O-])cc2c3c(cc(S(=O)(=O)[O-])cc13)C(=O)OC2=O.[CH3-].[Y].[Y].[Y].[Y].[Y]. The summed E-state index contributed by atoms with van der Waals surface area (Å²) in [6, 6.07) is 1.85. The molecule has 0 spiro atoms. The van der Waals surface area contributed by atoms with Crippen LogP contribution in [0.25, 0.3) is 10.8 Å². The Morgan fingerprint density at radius 2 is 1.32 bits per heavy atom. The number of esters is 2. The first-order valence-corrected chi connectivity index (χ1v) is 10.5. The number of cyclic esters (lactones) is 2. The van der Waals surface area contributed by atoms with E-state index in [9.17, 15) is 45.1 Å². The van der Waals surface area contributed by atoms with E-state index in [0.29, 0.717) is 23.8 Å². The molecule has 5 radical (unpaired) electrons. The topological polar surface area (TPSA) is 204 Å². The molecule has 12 nitrogen and oxygen atoms in total. The maximum atomic E-state index is 11.9. The number of carbonyl (C=O) groups is 2. The van der Waals surface area contributed by atoms with E-state index in [4.69, 9.17) is 0 Å². The minimum absolute atomic E-state index is 0. The van der Waals surface area contributed by atoms with E-state index >= 15 is 0 Å². The van der Waals surface area contributed by atoms with E-state index in [1.54, 1.807) is 18.5 Å². The van der Waals surface area contributed by atoms with Gasteiger partial charge in [-0.05, 0) is 28.7 Å². The van der Waals surface area contributed by atoms with Crippen LogP contribution in [0.4, 0.5) is 5.69 Å². The monoisotopic (exact) mass is 927 g/mol. The molecule has 0 aliphatic carbocycles. The number of amides is 1. The molecule has 0 atom stereocenters. The minimum atomic E-state index is -5.27. The fourth-order valence-corrected chi connectivity index (χ4v) is 3.75.